The summed E-state index contributed by atoms with van der Waals surface area (Å²) in [7, 11) is 0. The molecule has 0 fully saturated rings. The zero-order valence-electron chi connectivity index (χ0n) is 17.1. The van der Waals surface area contributed by atoms with Crippen molar-refractivity contribution in [2.24, 2.45) is 0 Å². The van der Waals surface area contributed by atoms with Crippen LogP contribution in [0.2, 0.25) is 0 Å². The van der Waals surface area contributed by atoms with E-state index in [1.807, 2.05) is 19.1 Å². The Balaban J connectivity index is 1.59. The number of benzene rings is 1. The fourth-order valence-electron chi connectivity index (χ4n) is 3.53. The maximum absolute atomic E-state index is 9.48. The van der Waals surface area contributed by atoms with Gasteiger partial charge in [-0.25, -0.2) is 0 Å². The van der Waals surface area contributed by atoms with Gasteiger partial charge in [0.15, 0.2) is 0 Å². The normalized spacial score (nSPS) is 12.9. The molecule has 0 radical (unpaired) electrons. The van der Waals surface area contributed by atoms with Gasteiger partial charge in [-0.3, -0.25) is 4.98 Å². The molecule has 1 aromatic heterocycles. The summed E-state index contributed by atoms with van der Waals surface area (Å²) in [5, 5.41) is 12.9. The van der Waals surface area contributed by atoms with Crippen molar-refractivity contribution in [3.05, 3.63) is 52.3 Å². The minimum atomic E-state index is 0.283. The van der Waals surface area contributed by atoms with Crippen LogP contribution in [0.25, 0.3) is 0 Å². The molecule has 3 rings (SSSR count). The fourth-order valence-corrected chi connectivity index (χ4v) is 3.53. The zero-order chi connectivity index (χ0) is 19.8. The predicted octanol–water partition coefficient (Wildman–Crippen LogP) is 4.27. The summed E-state index contributed by atoms with van der Waals surface area (Å²) >= 11 is 0. The van der Waals surface area contributed by atoms with Crippen LogP contribution < -0.4 is 10.1 Å². The number of nitrogens with zero attached hydrogens (tertiary/aromatic N) is 1. The third-order valence-electron chi connectivity index (χ3n) is 5.12. The molecule has 0 spiro atoms. The largest absolute Gasteiger partial charge is 0.508 e. The van der Waals surface area contributed by atoms with Crippen molar-refractivity contribution in [2.75, 3.05) is 19.7 Å². The summed E-state index contributed by atoms with van der Waals surface area (Å²) in [6.07, 6.45) is 5.36. The van der Waals surface area contributed by atoms with Gasteiger partial charge in [-0.15, -0.1) is 0 Å². The number of nitrogens with one attached hydrogen (secondary N) is 1. The van der Waals surface area contributed by atoms with Gasteiger partial charge in [-0.05, 0) is 57.0 Å². The Morgan fingerprint density at radius 3 is 2.61 bits per heavy atom. The number of fused-ring (bicyclic) bond motifs is 1. The van der Waals surface area contributed by atoms with Crippen LogP contribution in [0.4, 0.5) is 0 Å². The second-order valence-corrected chi connectivity index (χ2v) is 7.43. The summed E-state index contributed by atoms with van der Waals surface area (Å²) in [5.74, 6) is 1.19. The molecule has 0 bridgehead atoms. The molecule has 28 heavy (non-hydrogen) atoms. The van der Waals surface area contributed by atoms with Gasteiger partial charge in [0, 0.05) is 17.5 Å². The number of aryl methyl sites for hydroxylation is 1. The Labute approximate surface area is 168 Å². The zero-order valence-corrected chi connectivity index (χ0v) is 17.1. The van der Waals surface area contributed by atoms with Gasteiger partial charge in [0.05, 0.1) is 31.2 Å². The third kappa shape index (κ3) is 5.46. The summed E-state index contributed by atoms with van der Waals surface area (Å²) < 4.78 is 11.8. The maximum Gasteiger partial charge on any atom is 0.146 e. The van der Waals surface area contributed by atoms with Gasteiger partial charge < -0.3 is 19.9 Å². The monoisotopic (exact) mass is 384 g/mol. The van der Waals surface area contributed by atoms with Gasteiger partial charge in [0.2, 0.25) is 0 Å². The van der Waals surface area contributed by atoms with Crippen molar-refractivity contribution in [3.63, 3.8) is 0 Å². The molecule has 1 aromatic carbocycles. The molecule has 1 aliphatic rings. The number of aromatic hydroxyl groups is 1. The quantitative estimate of drug-likeness (QED) is 0.567. The first-order valence-electron chi connectivity index (χ1n) is 10.4. The molecule has 1 aliphatic heterocycles. The van der Waals surface area contributed by atoms with Crippen LogP contribution in [0.3, 0.4) is 0 Å². The molecule has 5 nitrogen and oxygen atoms in total. The number of aromatic nitrogens is 1. The highest BCUT2D eigenvalue weighted by atomic mass is 16.5. The Bertz CT molecular complexity index is 759. The smallest absolute Gasteiger partial charge is 0.146 e. The Morgan fingerprint density at radius 1 is 1.07 bits per heavy atom. The van der Waals surface area contributed by atoms with E-state index in [-0.39, 0.29) is 5.75 Å². The first kappa shape index (κ1) is 20.6. The average Bonchev–Trinajstić information content (AvgIpc) is 3.17. The van der Waals surface area contributed by atoms with Crippen LogP contribution in [0.5, 0.6) is 11.5 Å². The van der Waals surface area contributed by atoms with Crippen LogP contribution >= 0.6 is 0 Å². The summed E-state index contributed by atoms with van der Waals surface area (Å²) in [6.45, 7) is 8.27. The molecule has 0 unspecified atom stereocenters. The molecule has 2 heterocycles. The number of unbranched alkanes of at least 4 members (excludes halogenated alkanes) is 2. The number of rotatable bonds is 11. The van der Waals surface area contributed by atoms with E-state index >= 15 is 0 Å². The molecule has 0 saturated carbocycles. The van der Waals surface area contributed by atoms with Crippen LogP contribution in [0, 0.1) is 6.92 Å². The van der Waals surface area contributed by atoms with E-state index in [0.29, 0.717) is 19.8 Å². The lowest BCUT2D eigenvalue weighted by atomic mass is 10.0. The van der Waals surface area contributed by atoms with Crippen molar-refractivity contribution >= 4 is 0 Å². The lowest BCUT2D eigenvalue weighted by molar-refractivity contribution is 0.132. The molecule has 0 atom stereocenters. The molecule has 0 aliphatic carbocycles. The highest BCUT2D eigenvalue weighted by molar-refractivity contribution is 5.47. The molecular weight excluding hydrogens is 352 g/mol. The number of phenols is 1. The molecule has 0 amide bonds. The fraction of sp³-hybridized carbons (Fsp3) is 0.522. The molecule has 2 N–H and O–H groups in total. The van der Waals surface area contributed by atoms with E-state index in [0.717, 1.165) is 66.2 Å². The van der Waals surface area contributed by atoms with Gasteiger partial charge in [0.1, 0.15) is 11.5 Å². The number of hydrogen-bond donors (Lipinski definition) is 2. The van der Waals surface area contributed by atoms with Crippen molar-refractivity contribution < 1.29 is 14.6 Å². The summed E-state index contributed by atoms with van der Waals surface area (Å²) in [6, 6.07) is 7.31. The SMILES string of the molecule is CCCCNCCCCOc1c(C)nc(Cc2ccc(O)cc2)c2c1COC2. The third-order valence-corrected chi connectivity index (χ3v) is 5.12. The van der Waals surface area contributed by atoms with Crippen LogP contribution in [-0.2, 0) is 24.4 Å². The summed E-state index contributed by atoms with van der Waals surface area (Å²) in [4.78, 5) is 4.83. The minimum Gasteiger partial charge on any atom is -0.508 e. The molecule has 0 saturated heterocycles. The molecular formula is C23H32N2O3. The second-order valence-electron chi connectivity index (χ2n) is 7.43. The number of hydrogen-bond acceptors (Lipinski definition) is 5. The van der Waals surface area contributed by atoms with Crippen LogP contribution in [0.15, 0.2) is 24.3 Å². The molecule has 152 valence electrons. The van der Waals surface area contributed by atoms with Gasteiger partial charge in [-0.2, -0.15) is 0 Å². The van der Waals surface area contributed by atoms with E-state index in [9.17, 15) is 5.11 Å². The molecule has 2 aromatic rings. The number of pyridine rings is 1. The van der Waals surface area contributed by atoms with E-state index < -0.39 is 0 Å². The lowest BCUT2D eigenvalue weighted by Crippen LogP contribution is -2.17. The minimum absolute atomic E-state index is 0.283. The number of phenolic OH excluding ortho intramolecular Hbond substituents is 1. The number of ether oxygens (including phenoxy) is 2. The van der Waals surface area contributed by atoms with Crippen molar-refractivity contribution in [1.29, 1.82) is 0 Å². The van der Waals surface area contributed by atoms with E-state index in [2.05, 4.69) is 12.2 Å². The maximum atomic E-state index is 9.48. The van der Waals surface area contributed by atoms with E-state index in [1.54, 1.807) is 12.1 Å². The van der Waals surface area contributed by atoms with Crippen molar-refractivity contribution in [1.82, 2.24) is 10.3 Å². The van der Waals surface area contributed by atoms with E-state index in [4.69, 9.17) is 14.5 Å². The van der Waals surface area contributed by atoms with Crippen molar-refractivity contribution in [3.8, 4) is 11.5 Å². The lowest BCUT2D eigenvalue weighted by Gasteiger charge is -2.15. The highest BCUT2D eigenvalue weighted by Crippen LogP contribution is 2.34. The predicted molar refractivity (Wildman–Crippen MR) is 111 cm³/mol. The highest BCUT2D eigenvalue weighted by Gasteiger charge is 2.23. The topological polar surface area (TPSA) is 63.6 Å². The second kappa shape index (κ2) is 10.4. The van der Waals surface area contributed by atoms with Crippen molar-refractivity contribution in [2.45, 2.75) is 59.2 Å². The standard InChI is InChI=1S/C23H32N2O3/c1-3-4-11-24-12-5-6-13-28-23-17(2)25-22(20-15-27-16-21(20)23)14-18-7-9-19(26)10-8-18/h7-10,24,26H,3-6,11-16H2,1-2H3. The molecule has 5 heteroatoms. The summed E-state index contributed by atoms with van der Waals surface area (Å²) in [5.41, 5.74) is 5.42. The Morgan fingerprint density at radius 2 is 1.82 bits per heavy atom. The van der Waals surface area contributed by atoms with Crippen LogP contribution in [-0.4, -0.2) is 29.8 Å². The van der Waals surface area contributed by atoms with Gasteiger partial charge in [0.25, 0.3) is 0 Å². The van der Waals surface area contributed by atoms with E-state index in [1.165, 1.54) is 12.8 Å². The average molecular weight is 385 g/mol. The van der Waals surface area contributed by atoms with Gasteiger partial charge in [-0.1, -0.05) is 25.5 Å². The Kier molecular flexibility index (Phi) is 7.69. The van der Waals surface area contributed by atoms with Crippen LogP contribution in [0.1, 0.15) is 60.7 Å². The Hall–Kier alpha value is -2.11. The van der Waals surface area contributed by atoms with Gasteiger partial charge >= 0.3 is 0 Å². The first-order valence-corrected chi connectivity index (χ1v) is 10.4. The first-order chi connectivity index (χ1) is 13.7.